The molecule has 0 aliphatic heterocycles. The Morgan fingerprint density at radius 2 is 2.40 bits per heavy atom. The fraction of sp³-hybridized carbons (Fsp3) is 0.125. The molecule has 0 saturated heterocycles. The number of carboxylic acids is 1. The molecule has 2 heteroatoms. The second kappa shape index (κ2) is 2.52. The number of hydrogen-bond donors (Lipinski definition) is 1. The zero-order valence-electron chi connectivity index (χ0n) is 5.59. The Balaban J connectivity index is 3.07. The molecule has 0 aliphatic carbocycles. The summed E-state index contributed by atoms with van der Waals surface area (Å²) in [5, 5.41) is 8.50. The maximum absolute atomic E-state index is 10.3. The summed E-state index contributed by atoms with van der Waals surface area (Å²) in [6.07, 6.45) is 0. The van der Waals surface area contributed by atoms with E-state index >= 15 is 0 Å². The SMILES string of the molecule is Cc1[c]ccc(C(=O)O)c1. The van der Waals surface area contributed by atoms with Crippen LogP contribution >= 0.6 is 0 Å². The van der Waals surface area contributed by atoms with Crippen molar-refractivity contribution in [1.82, 2.24) is 0 Å². The number of carboxylic acid groups (broad SMARTS) is 1. The molecule has 0 unspecified atom stereocenters. The van der Waals surface area contributed by atoms with Gasteiger partial charge in [0.15, 0.2) is 0 Å². The van der Waals surface area contributed by atoms with Crippen molar-refractivity contribution in [2.45, 2.75) is 6.92 Å². The maximum Gasteiger partial charge on any atom is 0.335 e. The zero-order valence-corrected chi connectivity index (χ0v) is 5.59. The Hall–Kier alpha value is -1.31. The first-order valence-corrected chi connectivity index (χ1v) is 2.92. The van der Waals surface area contributed by atoms with Gasteiger partial charge in [-0.25, -0.2) is 4.79 Å². The van der Waals surface area contributed by atoms with Gasteiger partial charge in [-0.15, -0.1) is 0 Å². The van der Waals surface area contributed by atoms with E-state index in [-0.39, 0.29) is 0 Å². The lowest BCUT2D eigenvalue weighted by Gasteiger charge is -1.93. The van der Waals surface area contributed by atoms with Crippen LogP contribution in [0.25, 0.3) is 0 Å². The van der Waals surface area contributed by atoms with Crippen LogP contribution in [0.2, 0.25) is 0 Å². The van der Waals surface area contributed by atoms with Crippen molar-refractivity contribution in [3.05, 3.63) is 35.4 Å². The minimum absolute atomic E-state index is 0.316. The maximum atomic E-state index is 10.3. The Morgan fingerprint density at radius 1 is 1.70 bits per heavy atom. The second-order valence-corrected chi connectivity index (χ2v) is 2.07. The van der Waals surface area contributed by atoms with E-state index < -0.39 is 5.97 Å². The molecule has 0 fully saturated rings. The van der Waals surface area contributed by atoms with Crippen LogP contribution in [0, 0.1) is 13.0 Å². The molecule has 0 heterocycles. The van der Waals surface area contributed by atoms with E-state index in [1.807, 2.05) is 6.92 Å². The highest BCUT2D eigenvalue weighted by atomic mass is 16.4. The standard InChI is InChI=1S/C8H7O2/c1-6-3-2-4-7(5-6)8(9)10/h2,4-5H,1H3,(H,9,10). The molecule has 0 saturated carbocycles. The van der Waals surface area contributed by atoms with Crippen LogP contribution in [0.4, 0.5) is 0 Å². The number of aromatic carboxylic acids is 1. The van der Waals surface area contributed by atoms with Crippen molar-refractivity contribution in [2.24, 2.45) is 0 Å². The summed E-state index contributed by atoms with van der Waals surface area (Å²) in [7, 11) is 0. The first-order valence-electron chi connectivity index (χ1n) is 2.92. The summed E-state index contributed by atoms with van der Waals surface area (Å²) >= 11 is 0. The summed E-state index contributed by atoms with van der Waals surface area (Å²) in [4.78, 5) is 10.3. The second-order valence-electron chi connectivity index (χ2n) is 2.07. The Labute approximate surface area is 59.1 Å². The van der Waals surface area contributed by atoms with Crippen molar-refractivity contribution in [2.75, 3.05) is 0 Å². The quantitative estimate of drug-likeness (QED) is 0.633. The van der Waals surface area contributed by atoms with Crippen LogP contribution in [-0.2, 0) is 0 Å². The van der Waals surface area contributed by atoms with Gasteiger partial charge in [-0.2, -0.15) is 0 Å². The number of benzene rings is 1. The van der Waals surface area contributed by atoms with E-state index in [9.17, 15) is 4.79 Å². The van der Waals surface area contributed by atoms with Gasteiger partial charge in [0.2, 0.25) is 0 Å². The molecule has 0 amide bonds. The molecule has 0 atom stereocenters. The molecule has 2 nitrogen and oxygen atoms in total. The molecule has 1 aromatic carbocycles. The van der Waals surface area contributed by atoms with E-state index in [2.05, 4.69) is 6.07 Å². The van der Waals surface area contributed by atoms with Crippen molar-refractivity contribution in [3.8, 4) is 0 Å². The molecule has 1 rings (SSSR count). The van der Waals surface area contributed by atoms with Gasteiger partial charge in [-0.05, 0) is 30.7 Å². The van der Waals surface area contributed by atoms with Gasteiger partial charge in [-0.3, -0.25) is 0 Å². The predicted octanol–water partition coefficient (Wildman–Crippen LogP) is 1.49. The molecule has 0 spiro atoms. The van der Waals surface area contributed by atoms with E-state index in [4.69, 9.17) is 5.11 Å². The Kier molecular flexibility index (Phi) is 1.71. The Morgan fingerprint density at radius 3 is 2.80 bits per heavy atom. The fourth-order valence-electron chi connectivity index (χ4n) is 0.719. The van der Waals surface area contributed by atoms with Crippen LogP contribution < -0.4 is 0 Å². The number of hydrogen-bond acceptors (Lipinski definition) is 1. The predicted molar refractivity (Wildman–Crippen MR) is 37.0 cm³/mol. The summed E-state index contributed by atoms with van der Waals surface area (Å²) < 4.78 is 0. The summed E-state index contributed by atoms with van der Waals surface area (Å²) in [6.45, 7) is 1.81. The van der Waals surface area contributed by atoms with E-state index in [1.54, 1.807) is 12.1 Å². The fourth-order valence-corrected chi connectivity index (χ4v) is 0.719. The normalized spacial score (nSPS) is 9.30. The third kappa shape index (κ3) is 1.35. The lowest BCUT2D eigenvalue weighted by atomic mass is 10.1. The molecule has 0 bridgehead atoms. The molecular weight excluding hydrogens is 128 g/mol. The van der Waals surface area contributed by atoms with Crippen LogP contribution in [-0.4, -0.2) is 11.1 Å². The largest absolute Gasteiger partial charge is 0.478 e. The molecule has 51 valence electrons. The monoisotopic (exact) mass is 135 g/mol. The molecule has 1 aromatic rings. The highest BCUT2D eigenvalue weighted by molar-refractivity contribution is 5.87. The van der Waals surface area contributed by atoms with Crippen LogP contribution in [0.5, 0.6) is 0 Å². The van der Waals surface area contributed by atoms with Crippen molar-refractivity contribution in [1.29, 1.82) is 0 Å². The average molecular weight is 135 g/mol. The lowest BCUT2D eigenvalue weighted by molar-refractivity contribution is 0.0697. The van der Waals surface area contributed by atoms with Gasteiger partial charge in [-0.1, -0.05) is 6.07 Å². The van der Waals surface area contributed by atoms with Gasteiger partial charge in [0.25, 0.3) is 0 Å². The average Bonchev–Trinajstić information content (AvgIpc) is 1.88. The molecule has 10 heavy (non-hydrogen) atoms. The number of carbonyl (C=O) groups is 1. The summed E-state index contributed by atoms with van der Waals surface area (Å²) in [6, 6.07) is 7.58. The van der Waals surface area contributed by atoms with Crippen LogP contribution in [0.15, 0.2) is 18.2 Å². The van der Waals surface area contributed by atoms with Gasteiger partial charge in [0.1, 0.15) is 0 Å². The Bertz CT molecular complexity index is 253. The van der Waals surface area contributed by atoms with Crippen LogP contribution in [0.1, 0.15) is 15.9 Å². The molecular formula is C8H7O2. The zero-order chi connectivity index (χ0) is 7.56. The first kappa shape index (κ1) is 6.81. The first-order chi connectivity index (χ1) is 4.70. The third-order valence-electron chi connectivity index (χ3n) is 1.19. The molecule has 0 aliphatic rings. The van der Waals surface area contributed by atoms with Gasteiger partial charge < -0.3 is 5.11 Å². The minimum atomic E-state index is -0.892. The van der Waals surface area contributed by atoms with Crippen LogP contribution in [0.3, 0.4) is 0 Å². The smallest absolute Gasteiger partial charge is 0.335 e. The number of aryl methyl sites for hydroxylation is 1. The van der Waals surface area contributed by atoms with E-state index in [0.29, 0.717) is 5.56 Å². The van der Waals surface area contributed by atoms with Crippen molar-refractivity contribution in [3.63, 3.8) is 0 Å². The lowest BCUT2D eigenvalue weighted by Crippen LogP contribution is -1.95. The molecule has 1 radical (unpaired) electrons. The van der Waals surface area contributed by atoms with E-state index in [1.165, 1.54) is 6.07 Å². The highest BCUT2D eigenvalue weighted by Crippen LogP contribution is 2.01. The molecule has 0 aromatic heterocycles. The van der Waals surface area contributed by atoms with Gasteiger partial charge in [0.05, 0.1) is 5.56 Å². The van der Waals surface area contributed by atoms with Gasteiger partial charge >= 0.3 is 5.97 Å². The highest BCUT2D eigenvalue weighted by Gasteiger charge is 1.99. The summed E-state index contributed by atoms with van der Waals surface area (Å²) in [5.41, 5.74) is 1.16. The molecule has 1 N–H and O–H groups in total. The van der Waals surface area contributed by atoms with E-state index in [0.717, 1.165) is 5.56 Å². The van der Waals surface area contributed by atoms with Gasteiger partial charge in [0, 0.05) is 0 Å². The van der Waals surface area contributed by atoms with Crippen molar-refractivity contribution < 1.29 is 9.90 Å². The van der Waals surface area contributed by atoms with Crippen molar-refractivity contribution >= 4 is 5.97 Å². The topological polar surface area (TPSA) is 37.3 Å². The third-order valence-corrected chi connectivity index (χ3v) is 1.19. The minimum Gasteiger partial charge on any atom is -0.478 e. The summed E-state index contributed by atoms with van der Waals surface area (Å²) in [5.74, 6) is -0.892. The number of rotatable bonds is 1.